The summed E-state index contributed by atoms with van der Waals surface area (Å²) in [5, 5.41) is 12.2. The van der Waals surface area contributed by atoms with Crippen molar-refractivity contribution in [2.45, 2.75) is 44.2 Å². The second-order valence-electron chi connectivity index (χ2n) is 8.63. The Bertz CT molecular complexity index is 1010. The number of aliphatic carboxylic acids is 1. The molecule has 34 heavy (non-hydrogen) atoms. The predicted octanol–water partition coefficient (Wildman–Crippen LogP) is 3.40. The maximum Gasteiger partial charge on any atom is 0.407 e. The summed E-state index contributed by atoms with van der Waals surface area (Å²) < 4.78 is 10.8. The summed E-state index contributed by atoms with van der Waals surface area (Å²) in [6, 6.07) is 14.2. The van der Waals surface area contributed by atoms with Gasteiger partial charge in [0.2, 0.25) is 5.91 Å². The van der Waals surface area contributed by atoms with Crippen molar-refractivity contribution in [3.05, 3.63) is 59.7 Å². The maximum absolute atomic E-state index is 13.2. The van der Waals surface area contributed by atoms with Gasteiger partial charge in [-0.25, -0.2) is 9.59 Å². The van der Waals surface area contributed by atoms with Gasteiger partial charge >= 0.3 is 12.1 Å². The summed E-state index contributed by atoms with van der Waals surface area (Å²) in [7, 11) is 0. The molecule has 1 aliphatic heterocycles. The molecule has 2 N–H and O–H groups in total. The lowest BCUT2D eigenvalue weighted by Crippen LogP contribution is -2.58. The second-order valence-corrected chi connectivity index (χ2v) is 8.63. The average molecular weight is 467 g/mol. The van der Waals surface area contributed by atoms with Crippen LogP contribution in [0.3, 0.4) is 0 Å². The number of carboxylic acid groups (broad SMARTS) is 1. The summed E-state index contributed by atoms with van der Waals surface area (Å²) in [5.74, 6) is -1.63. The molecule has 1 saturated heterocycles. The molecule has 1 unspecified atom stereocenters. The van der Waals surface area contributed by atoms with Crippen LogP contribution in [0.5, 0.6) is 0 Å². The van der Waals surface area contributed by atoms with Crippen LogP contribution in [0.2, 0.25) is 0 Å². The van der Waals surface area contributed by atoms with Crippen molar-refractivity contribution in [2.24, 2.45) is 0 Å². The van der Waals surface area contributed by atoms with Gasteiger partial charge in [0.25, 0.3) is 0 Å². The highest BCUT2D eigenvalue weighted by Gasteiger charge is 2.37. The molecule has 8 nitrogen and oxygen atoms in total. The van der Waals surface area contributed by atoms with Gasteiger partial charge in [0.1, 0.15) is 12.6 Å². The molecule has 4 rings (SSSR count). The molecule has 1 aliphatic carbocycles. The fourth-order valence-corrected chi connectivity index (χ4v) is 4.72. The minimum Gasteiger partial charge on any atom is -0.480 e. The number of nitrogens with zero attached hydrogens (tertiary/aromatic N) is 1. The largest absolute Gasteiger partial charge is 0.480 e. The molecular weight excluding hydrogens is 436 g/mol. The highest BCUT2D eigenvalue weighted by Crippen LogP contribution is 2.44. The summed E-state index contributed by atoms with van der Waals surface area (Å²) in [5.41, 5.74) is 4.48. The summed E-state index contributed by atoms with van der Waals surface area (Å²) >= 11 is 0. The number of ether oxygens (including phenoxy) is 2. The fourth-order valence-electron chi connectivity index (χ4n) is 4.72. The van der Waals surface area contributed by atoms with Gasteiger partial charge in [-0.3, -0.25) is 4.79 Å². The quantitative estimate of drug-likeness (QED) is 0.618. The minimum atomic E-state index is -1.12. The number of unbranched alkanes of at least 4 members (excludes halogenated alkanes) is 1. The van der Waals surface area contributed by atoms with Crippen molar-refractivity contribution in [3.63, 3.8) is 0 Å². The van der Waals surface area contributed by atoms with Gasteiger partial charge in [-0.1, -0.05) is 68.3 Å². The van der Waals surface area contributed by atoms with E-state index in [0.717, 1.165) is 28.7 Å². The zero-order valence-corrected chi connectivity index (χ0v) is 19.2. The smallest absolute Gasteiger partial charge is 0.407 e. The highest BCUT2D eigenvalue weighted by atomic mass is 16.5. The van der Waals surface area contributed by atoms with Crippen LogP contribution in [0.4, 0.5) is 4.79 Å². The molecule has 1 heterocycles. The first-order valence-electron chi connectivity index (χ1n) is 11.7. The third-order valence-electron chi connectivity index (χ3n) is 6.48. The van der Waals surface area contributed by atoms with E-state index >= 15 is 0 Å². The number of amides is 2. The van der Waals surface area contributed by atoms with Crippen LogP contribution in [0.15, 0.2) is 48.5 Å². The van der Waals surface area contributed by atoms with Crippen LogP contribution in [0.25, 0.3) is 11.1 Å². The summed E-state index contributed by atoms with van der Waals surface area (Å²) in [6.45, 7) is 2.51. The van der Waals surface area contributed by atoms with E-state index in [1.807, 2.05) is 43.3 Å². The molecule has 1 fully saturated rings. The Morgan fingerprint density at radius 3 is 2.38 bits per heavy atom. The molecule has 180 valence electrons. The Hall–Kier alpha value is -3.39. The number of carboxylic acids is 1. The van der Waals surface area contributed by atoms with E-state index in [4.69, 9.17) is 9.47 Å². The lowest BCUT2D eigenvalue weighted by molar-refractivity contribution is -0.159. The van der Waals surface area contributed by atoms with Crippen LogP contribution in [-0.4, -0.2) is 66.4 Å². The van der Waals surface area contributed by atoms with Crippen molar-refractivity contribution in [3.8, 4) is 11.1 Å². The number of alkyl carbamates (subject to hydrolysis) is 1. The molecule has 0 bridgehead atoms. The lowest BCUT2D eigenvalue weighted by atomic mass is 9.98. The number of benzene rings is 2. The monoisotopic (exact) mass is 466 g/mol. The van der Waals surface area contributed by atoms with Crippen molar-refractivity contribution >= 4 is 18.0 Å². The molecule has 2 amide bonds. The van der Waals surface area contributed by atoms with E-state index in [-0.39, 0.29) is 32.3 Å². The van der Waals surface area contributed by atoms with Gasteiger partial charge < -0.3 is 24.8 Å². The van der Waals surface area contributed by atoms with E-state index in [1.165, 1.54) is 4.90 Å². The summed E-state index contributed by atoms with van der Waals surface area (Å²) in [6.07, 6.45) is 1.27. The lowest BCUT2D eigenvalue weighted by Gasteiger charge is -2.35. The Morgan fingerprint density at radius 1 is 1.12 bits per heavy atom. The standard InChI is InChI=1S/C26H30N2O6/c1-2-3-12-22(24(29)28-13-14-33-16-23(28)25(30)31)27-26(32)34-15-21-19-10-6-4-8-17(19)18-9-5-7-11-20(18)21/h4-11,21-23H,2-3,12-16H2,1H3,(H,27,32)(H,30,31)/t22-,23?/m0/s1. The van der Waals surface area contributed by atoms with Crippen LogP contribution in [-0.2, 0) is 19.1 Å². The minimum absolute atomic E-state index is 0.0630. The van der Waals surface area contributed by atoms with Crippen molar-refractivity contribution in [1.29, 1.82) is 0 Å². The number of hydrogen-bond acceptors (Lipinski definition) is 5. The Labute approximate surface area is 198 Å². The highest BCUT2D eigenvalue weighted by molar-refractivity contribution is 5.89. The molecule has 0 aromatic heterocycles. The molecule has 0 spiro atoms. The van der Waals surface area contributed by atoms with Gasteiger partial charge in [0.15, 0.2) is 6.04 Å². The predicted molar refractivity (Wildman–Crippen MR) is 125 cm³/mol. The van der Waals surface area contributed by atoms with Gasteiger partial charge in [-0.2, -0.15) is 0 Å². The van der Waals surface area contributed by atoms with E-state index in [1.54, 1.807) is 0 Å². The topological polar surface area (TPSA) is 105 Å². The van der Waals surface area contributed by atoms with Gasteiger partial charge in [0, 0.05) is 12.5 Å². The van der Waals surface area contributed by atoms with E-state index in [2.05, 4.69) is 17.4 Å². The number of hydrogen-bond donors (Lipinski definition) is 2. The van der Waals surface area contributed by atoms with Gasteiger partial charge in [0.05, 0.1) is 13.2 Å². The van der Waals surface area contributed by atoms with Crippen LogP contribution in [0, 0.1) is 0 Å². The zero-order chi connectivity index (χ0) is 24.1. The SMILES string of the molecule is CCCC[C@H](NC(=O)OCC1c2ccccc2-c2ccccc21)C(=O)N1CCOCC1C(=O)O. The van der Waals surface area contributed by atoms with Crippen LogP contribution < -0.4 is 5.32 Å². The number of rotatable bonds is 8. The second kappa shape index (κ2) is 10.7. The van der Waals surface area contributed by atoms with Crippen molar-refractivity contribution in [1.82, 2.24) is 10.2 Å². The van der Waals surface area contributed by atoms with Crippen molar-refractivity contribution < 1.29 is 29.0 Å². The number of fused-ring (bicyclic) bond motifs is 3. The normalized spacial score (nSPS) is 18.0. The Morgan fingerprint density at radius 2 is 1.76 bits per heavy atom. The zero-order valence-electron chi connectivity index (χ0n) is 19.2. The third-order valence-corrected chi connectivity index (χ3v) is 6.48. The fraction of sp³-hybridized carbons (Fsp3) is 0.423. The van der Waals surface area contributed by atoms with E-state index in [9.17, 15) is 19.5 Å². The van der Waals surface area contributed by atoms with Crippen LogP contribution >= 0.6 is 0 Å². The molecule has 2 aliphatic rings. The van der Waals surface area contributed by atoms with E-state index in [0.29, 0.717) is 12.8 Å². The van der Waals surface area contributed by atoms with Crippen molar-refractivity contribution in [2.75, 3.05) is 26.4 Å². The van der Waals surface area contributed by atoms with Gasteiger partial charge in [-0.15, -0.1) is 0 Å². The third kappa shape index (κ3) is 4.92. The maximum atomic E-state index is 13.2. The number of carbonyl (C=O) groups is 3. The van der Waals surface area contributed by atoms with E-state index < -0.39 is 30.1 Å². The first kappa shape index (κ1) is 23.8. The first-order valence-corrected chi connectivity index (χ1v) is 11.7. The average Bonchev–Trinajstić information content (AvgIpc) is 3.18. The molecule has 8 heteroatoms. The van der Waals surface area contributed by atoms with Gasteiger partial charge in [-0.05, 0) is 28.7 Å². The molecule has 2 atom stereocenters. The molecular formula is C26H30N2O6. The summed E-state index contributed by atoms with van der Waals surface area (Å²) in [4.78, 5) is 38.8. The first-order chi connectivity index (χ1) is 16.5. The Kier molecular flexibility index (Phi) is 7.47. The molecule has 0 radical (unpaired) electrons. The molecule has 2 aromatic rings. The number of carbonyl (C=O) groups excluding carboxylic acids is 2. The number of morpholine rings is 1. The Balaban J connectivity index is 1.44. The van der Waals surface area contributed by atoms with Crippen LogP contribution in [0.1, 0.15) is 43.2 Å². The number of nitrogens with one attached hydrogen (secondary N) is 1. The molecule has 2 aromatic carbocycles. The molecule has 0 saturated carbocycles.